The maximum absolute atomic E-state index is 13.6. The molecular weight excluding hydrogens is 361 g/mol. The third kappa shape index (κ3) is 3.42. The van der Waals surface area contributed by atoms with E-state index in [2.05, 4.69) is 4.42 Å². The monoisotopic (exact) mass is 372 g/mol. The Balaban J connectivity index is 2.39. The van der Waals surface area contributed by atoms with Gasteiger partial charge in [0.15, 0.2) is 5.76 Å². The Morgan fingerprint density at radius 3 is 2.28 bits per heavy atom. The third-order valence-electron chi connectivity index (χ3n) is 3.29. The molecule has 0 fully saturated rings. The fraction of sp³-hybridized carbons (Fsp3) is 0.400. The lowest BCUT2D eigenvalue weighted by molar-refractivity contribution is -0.362. The molecule has 0 saturated carbocycles. The van der Waals surface area contributed by atoms with E-state index in [1.165, 1.54) is 12.1 Å². The Morgan fingerprint density at radius 1 is 1.08 bits per heavy atom. The first-order chi connectivity index (χ1) is 11.4. The van der Waals surface area contributed by atoms with Crippen molar-refractivity contribution in [3.05, 3.63) is 35.6 Å². The zero-order chi connectivity index (χ0) is 19.0. The molecule has 0 saturated heterocycles. The van der Waals surface area contributed by atoms with Crippen molar-refractivity contribution >= 4 is 16.9 Å². The van der Waals surface area contributed by atoms with Gasteiger partial charge in [-0.3, -0.25) is 4.79 Å². The van der Waals surface area contributed by atoms with Gasteiger partial charge in [0.05, 0.1) is 13.0 Å². The Hall–Kier alpha value is -2.26. The lowest BCUT2D eigenvalue weighted by Gasteiger charge is -2.26. The molecule has 0 N–H and O–H groups in total. The van der Waals surface area contributed by atoms with Gasteiger partial charge in [0, 0.05) is 5.39 Å². The largest absolute Gasteiger partial charge is 0.466 e. The molecule has 0 spiro atoms. The molecule has 0 radical (unpaired) electrons. The van der Waals surface area contributed by atoms with Gasteiger partial charge in [-0.25, -0.2) is 0 Å². The van der Waals surface area contributed by atoms with E-state index in [9.17, 15) is 35.5 Å². The summed E-state index contributed by atoms with van der Waals surface area (Å²) in [6.45, 7) is 1.70. The number of alkyl halides is 7. The number of halogens is 7. The SMILES string of the molecule is CCOC(=O)Cc1ccc2oc(C(F)(F)C(F)(F)C(F)(F)F)cc2c1. The summed E-state index contributed by atoms with van der Waals surface area (Å²) in [5.74, 6) is -14.3. The molecule has 0 bridgehead atoms. The minimum Gasteiger partial charge on any atom is -0.466 e. The summed E-state index contributed by atoms with van der Waals surface area (Å²) in [4.78, 5) is 11.4. The van der Waals surface area contributed by atoms with Gasteiger partial charge < -0.3 is 9.15 Å². The van der Waals surface area contributed by atoms with Crippen molar-refractivity contribution in [2.24, 2.45) is 0 Å². The molecule has 25 heavy (non-hydrogen) atoms. The molecule has 0 amide bonds. The predicted molar refractivity (Wildman–Crippen MR) is 71.4 cm³/mol. The van der Waals surface area contributed by atoms with Crippen molar-refractivity contribution in [2.45, 2.75) is 31.4 Å². The fourth-order valence-electron chi connectivity index (χ4n) is 2.07. The number of esters is 1. The van der Waals surface area contributed by atoms with E-state index in [1.807, 2.05) is 0 Å². The van der Waals surface area contributed by atoms with Gasteiger partial charge in [0.2, 0.25) is 0 Å². The summed E-state index contributed by atoms with van der Waals surface area (Å²) in [5.41, 5.74) is -0.0237. The van der Waals surface area contributed by atoms with Crippen LogP contribution in [0.15, 0.2) is 28.7 Å². The molecule has 1 heterocycles. The number of hydrogen-bond donors (Lipinski definition) is 0. The van der Waals surface area contributed by atoms with E-state index in [4.69, 9.17) is 4.74 Å². The van der Waals surface area contributed by atoms with Crippen LogP contribution >= 0.6 is 0 Å². The quantitative estimate of drug-likeness (QED) is 0.558. The molecule has 1 aromatic heterocycles. The summed E-state index contributed by atoms with van der Waals surface area (Å²) >= 11 is 0. The van der Waals surface area contributed by atoms with Crippen molar-refractivity contribution in [2.75, 3.05) is 6.61 Å². The molecule has 1 aromatic carbocycles. The first-order valence-corrected chi connectivity index (χ1v) is 6.91. The zero-order valence-electron chi connectivity index (χ0n) is 12.6. The smallest absolute Gasteiger partial charge is 0.460 e. The van der Waals surface area contributed by atoms with E-state index < -0.39 is 29.8 Å². The first-order valence-electron chi connectivity index (χ1n) is 6.91. The maximum Gasteiger partial charge on any atom is 0.460 e. The van der Waals surface area contributed by atoms with Crippen molar-refractivity contribution in [1.82, 2.24) is 0 Å². The van der Waals surface area contributed by atoms with Crippen LogP contribution in [0.5, 0.6) is 0 Å². The molecule has 0 unspecified atom stereocenters. The third-order valence-corrected chi connectivity index (χ3v) is 3.29. The van der Waals surface area contributed by atoms with Crippen molar-refractivity contribution in [3.63, 3.8) is 0 Å². The lowest BCUT2D eigenvalue weighted by atomic mass is 10.1. The van der Waals surface area contributed by atoms with Crippen LogP contribution in [-0.2, 0) is 21.9 Å². The predicted octanol–water partition coefficient (Wildman–Crippen LogP) is 4.83. The van der Waals surface area contributed by atoms with Crippen LogP contribution in [-0.4, -0.2) is 24.7 Å². The molecule has 2 aromatic rings. The molecule has 0 aliphatic carbocycles. The highest BCUT2D eigenvalue weighted by molar-refractivity contribution is 5.81. The lowest BCUT2D eigenvalue weighted by Crippen LogP contribution is -2.49. The average Bonchev–Trinajstić information content (AvgIpc) is 2.89. The highest BCUT2D eigenvalue weighted by Gasteiger charge is 2.75. The van der Waals surface area contributed by atoms with Crippen molar-refractivity contribution in [3.8, 4) is 0 Å². The van der Waals surface area contributed by atoms with E-state index in [0.717, 1.165) is 6.07 Å². The number of ether oxygens (including phenoxy) is 1. The van der Waals surface area contributed by atoms with Crippen molar-refractivity contribution < 1.29 is 44.7 Å². The first kappa shape index (κ1) is 19.1. The van der Waals surface area contributed by atoms with Gasteiger partial charge in [-0.1, -0.05) is 6.07 Å². The van der Waals surface area contributed by atoms with Crippen LogP contribution in [0.4, 0.5) is 30.7 Å². The van der Waals surface area contributed by atoms with Gasteiger partial charge >= 0.3 is 24.0 Å². The Bertz CT molecular complexity index is 777. The minimum atomic E-state index is -6.45. The molecular formula is C15H11F7O3. The highest BCUT2D eigenvalue weighted by atomic mass is 19.4. The summed E-state index contributed by atoms with van der Waals surface area (Å²) in [5, 5.41) is -0.144. The fourth-order valence-corrected chi connectivity index (χ4v) is 2.07. The van der Waals surface area contributed by atoms with Crippen LogP contribution in [0, 0.1) is 0 Å². The van der Waals surface area contributed by atoms with E-state index in [-0.39, 0.29) is 24.0 Å². The Morgan fingerprint density at radius 2 is 1.72 bits per heavy atom. The Kier molecular flexibility index (Phi) is 4.75. The normalized spacial score (nSPS) is 13.3. The van der Waals surface area contributed by atoms with Crippen LogP contribution in [0.25, 0.3) is 11.0 Å². The highest BCUT2D eigenvalue weighted by Crippen LogP contribution is 2.52. The summed E-state index contributed by atoms with van der Waals surface area (Å²) in [6.07, 6.45) is -6.68. The summed E-state index contributed by atoms with van der Waals surface area (Å²) < 4.78 is 99.3. The molecule has 0 aliphatic rings. The van der Waals surface area contributed by atoms with Crippen LogP contribution in [0.2, 0.25) is 0 Å². The molecule has 2 rings (SSSR count). The summed E-state index contributed by atoms with van der Waals surface area (Å²) in [6, 6.07) is 3.94. The van der Waals surface area contributed by atoms with Gasteiger partial charge in [-0.05, 0) is 30.7 Å². The number of carbonyl (C=O) groups excluding carboxylic acids is 1. The number of hydrogen-bond acceptors (Lipinski definition) is 3. The summed E-state index contributed by atoms with van der Waals surface area (Å²) in [7, 11) is 0. The van der Waals surface area contributed by atoms with Crippen LogP contribution in [0.1, 0.15) is 18.2 Å². The molecule has 3 nitrogen and oxygen atoms in total. The van der Waals surface area contributed by atoms with Gasteiger partial charge in [-0.15, -0.1) is 0 Å². The second kappa shape index (κ2) is 6.23. The Labute approximate surface area is 136 Å². The van der Waals surface area contributed by atoms with Gasteiger partial charge in [0.25, 0.3) is 0 Å². The van der Waals surface area contributed by atoms with Gasteiger partial charge in [-0.2, -0.15) is 30.7 Å². The van der Waals surface area contributed by atoms with E-state index in [0.29, 0.717) is 11.6 Å². The van der Waals surface area contributed by atoms with E-state index in [1.54, 1.807) is 6.92 Å². The van der Waals surface area contributed by atoms with Crippen LogP contribution in [0.3, 0.4) is 0 Å². The average molecular weight is 372 g/mol. The maximum atomic E-state index is 13.6. The van der Waals surface area contributed by atoms with Crippen LogP contribution < -0.4 is 0 Å². The minimum absolute atomic E-state index is 0.121. The topological polar surface area (TPSA) is 39.4 Å². The zero-order valence-corrected chi connectivity index (χ0v) is 12.6. The number of rotatable bonds is 5. The van der Waals surface area contributed by atoms with Crippen molar-refractivity contribution in [1.29, 1.82) is 0 Å². The number of fused-ring (bicyclic) bond motifs is 1. The number of benzene rings is 1. The standard InChI is InChI=1S/C15H11F7O3/c1-2-24-12(23)6-8-3-4-10-9(5-8)7-11(25-10)13(16,17)14(18,19)15(20,21)22/h3-5,7H,2,6H2,1H3. The number of furan rings is 1. The number of carbonyl (C=O) groups is 1. The molecule has 0 atom stereocenters. The second-order valence-electron chi connectivity index (χ2n) is 5.11. The molecule has 10 heteroatoms. The second-order valence-corrected chi connectivity index (χ2v) is 5.11. The molecule has 138 valence electrons. The van der Waals surface area contributed by atoms with Gasteiger partial charge in [0.1, 0.15) is 5.58 Å². The molecule has 0 aliphatic heterocycles. The van der Waals surface area contributed by atoms with E-state index >= 15 is 0 Å².